The van der Waals surface area contributed by atoms with Crippen LogP contribution < -0.4 is 5.73 Å². The number of nitrogens with zero attached hydrogens (tertiary/aromatic N) is 1. The Morgan fingerprint density at radius 3 is 2.22 bits per heavy atom. The summed E-state index contributed by atoms with van der Waals surface area (Å²) in [6.45, 7) is 2.22. The van der Waals surface area contributed by atoms with Crippen LogP contribution in [-0.2, 0) is 29.5 Å². The Hall–Kier alpha value is -3.46. The highest BCUT2D eigenvalue weighted by Gasteiger charge is 2.42. The fourth-order valence-corrected chi connectivity index (χ4v) is 6.28. The molecule has 2 unspecified atom stereocenters. The van der Waals surface area contributed by atoms with Crippen molar-refractivity contribution in [3.8, 4) is 0 Å². The van der Waals surface area contributed by atoms with E-state index in [1.165, 1.54) is 36.0 Å². The Morgan fingerprint density at radius 2 is 1.61 bits per heavy atom. The first-order chi connectivity index (χ1) is 17.5. The van der Waals surface area contributed by atoms with Gasteiger partial charge < -0.3 is 5.73 Å². The topological polar surface area (TPSA) is 55.5 Å². The minimum absolute atomic E-state index is 0.270. The Morgan fingerprint density at radius 1 is 0.944 bits per heavy atom. The van der Waals surface area contributed by atoms with Gasteiger partial charge in [-0.25, -0.2) is 0 Å². The summed E-state index contributed by atoms with van der Waals surface area (Å²) in [6, 6.07) is 27.1. The molecule has 36 heavy (non-hydrogen) atoms. The zero-order chi connectivity index (χ0) is 25.0. The van der Waals surface area contributed by atoms with Gasteiger partial charge in [-0.15, -0.1) is 0 Å². The van der Waals surface area contributed by atoms with Gasteiger partial charge >= 0.3 is 0 Å². The van der Waals surface area contributed by atoms with Crippen molar-refractivity contribution in [3.63, 3.8) is 0 Å². The molecule has 2 atom stereocenters. The molecule has 1 aliphatic carbocycles. The fourth-order valence-electron chi connectivity index (χ4n) is 6.28. The fraction of sp³-hybridized carbons (Fsp3) is 0.333. The van der Waals surface area contributed by atoms with E-state index in [0.717, 1.165) is 30.4 Å². The summed E-state index contributed by atoms with van der Waals surface area (Å²) in [6.07, 6.45) is 13.4. The lowest BCUT2D eigenvalue weighted by molar-refractivity contribution is -0.122. The number of fused-ring (bicyclic) bond motifs is 1. The van der Waals surface area contributed by atoms with Gasteiger partial charge in [-0.2, -0.15) is 0 Å². The average molecular weight is 477 g/mol. The van der Waals surface area contributed by atoms with Crippen LogP contribution in [-0.4, -0.2) is 17.7 Å². The molecule has 0 spiro atoms. The van der Waals surface area contributed by atoms with Gasteiger partial charge in [-0.05, 0) is 91.7 Å². The molecule has 3 aromatic rings. The van der Waals surface area contributed by atoms with Gasteiger partial charge in [-0.3, -0.25) is 9.79 Å². The smallest absolute Gasteiger partial charge is 0.232 e. The molecule has 1 aliphatic heterocycles. The lowest BCUT2D eigenvalue weighted by Crippen LogP contribution is -2.43. The third kappa shape index (κ3) is 4.67. The van der Waals surface area contributed by atoms with Crippen LogP contribution in [0.15, 0.2) is 96.0 Å². The summed E-state index contributed by atoms with van der Waals surface area (Å²) in [5, 5.41) is 0. The zero-order valence-corrected chi connectivity index (χ0v) is 21.2. The van der Waals surface area contributed by atoms with Crippen molar-refractivity contribution < 1.29 is 4.79 Å². The summed E-state index contributed by atoms with van der Waals surface area (Å²) >= 11 is 0. The van der Waals surface area contributed by atoms with Crippen molar-refractivity contribution in [2.75, 3.05) is 0 Å². The number of aryl methyl sites for hydroxylation is 3. The first-order valence-corrected chi connectivity index (χ1v) is 13.3. The van der Waals surface area contributed by atoms with Gasteiger partial charge in [0.05, 0.1) is 11.0 Å². The molecule has 5 rings (SSSR count). The number of amides is 1. The average Bonchev–Trinajstić information content (AvgIpc) is 3.56. The molecule has 2 aliphatic rings. The first-order valence-electron chi connectivity index (χ1n) is 13.3. The molecule has 184 valence electrons. The predicted octanol–water partition coefficient (Wildman–Crippen LogP) is 6.38. The molecule has 1 amide bonds. The highest BCUT2D eigenvalue weighted by molar-refractivity contribution is 5.90. The Labute approximate surface area is 215 Å². The molecule has 2 N–H and O–H groups in total. The van der Waals surface area contributed by atoms with Crippen molar-refractivity contribution in [2.45, 2.75) is 62.8 Å². The van der Waals surface area contributed by atoms with E-state index in [-0.39, 0.29) is 17.4 Å². The third-order valence-corrected chi connectivity index (χ3v) is 8.46. The second-order valence-corrected chi connectivity index (χ2v) is 10.6. The summed E-state index contributed by atoms with van der Waals surface area (Å²) in [5.41, 5.74) is 11.4. The monoisotopic (exact) mass is 476 g/mol. The SMILES string of the molecule is CC1(C(CCc2ccc3c(c2)CCC3)CCC(C(N)=O)(c2ccccc2)c2ccccc2)C=CC=N1. The number of hydrogen-bond acceptors (Lipinski definition) is 2. The normalized spacial score (nSPS) is 19.4. The molecule has 3 nitrogen and oxygen atoms in total. The predicted molar refractivity (Wildman–Crippen MR) is 148 cm³/mol. The van der Waals surface area contributed by atoms with Gasteiger partial charge in [0.1, 0.15) is 0 Å². The van der Waals surface area contributed by atoms with E-state index in [4.69, 9.17) is 10.7 Å². The van der Waals surface area contributed by atoms with E-state index in [9.17, 15) is 4.79 Å². The lowest BCUT2D eigenvalue weighted by Gasteiger charge is -2.36. The molecule has 3 aromatic carbocycles. The number of aliphatic imine (C=N–C) groups is 1. The largest absolute Gasteiger partial charge is 0.369 e. The van der Waals surface area contributed by atoms with Gasteiger partial charge in [-0.1, -0.05) is 84.9 Å². The lowest BCUT2D eigenvalue weighted by atomic mass is 9.67. The molecule has 0 bridgehead atoms. The molecule has 0 fully saturated rings. The summed E-state index contributed by atoms with van der Waals surface area (Å²) in [4.78, 5) is 18.2. The van der Waals surface area contributed by atoms with Crippen molar-refractivity contribution >= 4 is 12.1 Å². The van der Waals surface area contributed by atoms with Gasteiger partial charge in [0.2, 0.25) is 5.91 Å². The van der Waals surface area contributed by atoms with Crippen LogP contribution in [0.25, 0.3) is 0 Å². The van der Waals surface area contributed by atoms with E-state index < -0.39 is 5.41 Å². The third-order valence-electron chi connectivity index (χ3n) is 8.46. The summed E-state index contributed by atoms with van der Waals surface area (Å²) < 4.78 is 0. The highest BCUT2D eigenvalue weighted by atomic mass is 16.1. The molecular weight excluding hydrogens is 440 g/mol. The van der Waals surface area contributed by atoms with Gasteiger partial charge in [0.15, 0.2) is 0 Å². The number of carbonyl (C=O) groups is 1. The van der Waals surface area contributed by atoms with E-state index in [0.29, 0.717) is 6.42 Å². The van der Waals surface area contributed by atoms with Crippen LogP contribution in [0.5, 0.6) is 0 Å². The quantitative estimate of drug-likeness (QED) is 0.363. The van der Waals surface area contributed by atoms with E-state index in [1.54, 1.807) is 0 Å². The number of hydrogen-bond donors (Lipinski definition) is 1. The second-order valence-electron chi connectivity index (χ2n) is 10.6. The summed E-state index contributed by atoms with van der Waals surface area (Å²) in [7, 11) is 0. The number of carbonyl (C=O) groups excluding carboxylic acids is 1. The van der Waals surface area contributed by atoms with Crippen LogP contribution in [0.2, 0.25) is 0 Å². The molecule has 0 radical (unpaired) electrons. The van der Waals surface area contributed by atoms with Gasteiger partial charge in [0.25, 0.3) is 0 Å². The van der Waals surface area contributed by atoms with E-state index in [2.05, 4.69) is 37.3 Å². The maximum Gasteiger partial charge on any atom is 0.232 e. The van der Waals surface area contributed by atoms with Crippen LogP contribution in [0.4, 0.5) is 0 Å². The van der Waals surface area contributed by atoms with Crippen molar-refractivity contribution in [1.29, 1.82) is 0 Å². The van der Waals surface area contributed by atoms with Crippen molar-refractivity contribution in [1.82, 2.24) is 0 Å². The molecule has 0 saturated carbocycles. The highest BCUT2D eigenvalue weighted by Crippen LogP contribution is 2.42. The molecule has 0 aromatic heterocycles. The molecule has 3 heteroatoms. The summed E-state index contributed by atoms with van der Waals surface area (Å²) in [5.74, 6) is -0.0141. The molecule has 0 saturated heterocycles. The van der Waals surface area contributed by atoms with Crippen LogP contribution in [0, 0.1) is 5.92 Å². The maximum atomic E-state index is 13.3. The number of rotatable bonds is 10. The van der Waals surface area contributed by atoms with Crippen molar-refractivity contribution in [2.24, 2.45) is 16.6 Å². The zero-order valence-electron chi connectivity index (χ0n) is 21.2. The molecular formula is C33H36N2O. The van der Waals surface area contributed by atoms with E-state index in [1.807, 2.05) is 66.9 Å². The van der Waals surface area contributed by atoms with Crippen LogP contribution >= 0.6 is 0 Å². The number of benzene rings is 3. The Kier molecular flexibility index (Phi) is 6.91. The maximum absolute atomic E-state index is 13.3. The van der Waals surface area contributed by atoms with E-state index >= 15 is 0 Å². The van der Waals surface area contributed by atoms with Crippen LogP contribution in [0.1, 0.15) is 60.4 Å². The number of nitrogens with two attached hydrogens (primary N) is 1. The minimum atomic E-state index is -0.878. The Bertz CT molecular complexity index is 1210. The standard InChI is InChI=1S/C33H36N2O/c1-32(21-9-23-35-32)28(19-17-25-16-18-26-10-8-11-27(26)24-25)20-22-33(31(34)36,29-12-4-2-5-13-29)30-14-6-3-7-15-30/h2-7,9,12-16,18,21,23-24,28H,8,10-11,17,19-20,22H2,1H3,(H2,34,36). The number of primary amides is 1. The minimum Gasteiger partial charge on any atom is -0.369 e. The van der Waals surface area contributed by atoms with Crippen molar-refractivity contribution in [3.05, 3.63) is 119 Å². The van der Waals surface area contributed by atoms with Crippen LogP contribution in [0.3, 0.4) is 0 Å². The second kappa shape index (κ2) is 10.3. The molecule has 1 heterocycles. The number of allylic oxidation sites excluding steroid dienone is 1. The van der Waals surface area contributed by atoms with Gasteiger partial charge in [0, 0.05) is 6.21 Å². The first kappa shape index (κ1) is 24.2. The Balaban J connectivity index is 1.44.